The van der Waals surface area contributed by atoms with Crippen molar-refractivity contribution < 1.29 is 18.1 Å². The highest BCUT2D eigenvalue weighted by Gasteiger charge is 2.24. The first-order chi connectivity index (χ1) is 17.5. The molecule has 0 aliphatic carbocycles. The Kier molecular flexibility index (Phi) is 7.39. The Morgan fingerprint density at radius 2 is 1.65 bits per heavy atom. The minimum absolute atomic E-state index is 0.0276. The van der Waals surface area contributed by atoms with Crippen molar-refractivity contribution in [3.63, 3.8) is 0 Å². The highest BCUT2D eigenvalue weighted by molar-refractivity contribution is 7.92. The smallest absolute Gasteiger partial charge is 0.270 e. The number of aryl methyl sites for hydroxylation is 2. The molecule has 1 saturated heterocycles. The summed E-state index contributed by atoms with van der Waals surface area (Å²) in [6.45, 7) is 7.16. The van der Waals surface area contributed by atoms with Crippen LogP contribution in [0.2, 0.25) is 0 Å². The number of rotatable bonds is 7. The zero-order valence-electron chi connectivity index (χ0n) is 20.8. The molecule has 0 radical (unpaired) electrons. The number of non-ortho nitro benzene ring substituents is 1. The molecule has 2 aromatic carbocycles. The molecule has 0 saturated carbocycles. The Morgan fingerprint density at radius 1 is 1.03 bits per heavy atom. The summed E-state index contributed by atoms with van der Waals surface area (Å²) in [6.07, 6.45) is 1.93. The van der Waals surface area contributed by atoms with Gasteiger partial charge in [-0.2, -0.15) is 0 Å². The van der Waals surface area contributed by atoms with Crippen molar-refractivity contribution in [2.45, 2.75) is 38.5 Å². The van der Waals surface area contributed by atoms with Crippen molar-refractivity contribution in [3.8, 4) is 0 Å². The summed E-state index contributed by atoms with van der Waals surface area (Å²) in [4.78, 5) is 34.2. The summed E-state index contributed by atoms with van der Waals surface area (Å²) in [5.74, 6) is 0.0345. The summed E-state index contributed by atoms with van der Waals surface area (Å²) < 4.78 is 27.9. The second-order valence-electron chi connectivity index (χ2n) is 9.19. The fraction of sp³-hybridized carbons (Fsp3) is 0.320. The first kappa shape index (κ1) is 26.0. The third-order valence-electron chi connectivity index (χ3n) is 6.19. The molecule has 0 spiro atoms. The standard InChI is InChI=1S/C25H28N6O5S/c1-16-10-12-30(13-11-16)23-9-6-20(31(33)34)15-22(23)24(32)28-19-4-7-21(8-5-19)37(35,36)29-25-26-17(2)14-18(3)27-25/h4-9,14-16H,10-13H2,1-3H3,(H,28,32)(H,26,27,29). The third-order valence-corrected chi connectivity index (χ3v) is 7.53. The van der Waals surface area contributed by atoms with Gasteiger partial charge in [0.15, 0.2) is 0 Å². The van der Waals surface area contributed by atoms with Crippen LogP contribution in [0.3, 0.4) is 0 Å². The van der Waals surface area contributed by atoms with E-state index in [-0.39, 0.29) is 22.1 Å². The summed E-state index contributed by atoms with van der Waals surface area (Å²) in [5.41, 5.74) is 2.24. The van der Waals surface area contributed by atoms with Crippen molar-refractivity contribution in [1.29, 1.82) is 0 Å². The zero-order valence-corrected chi connectivity index (χ0v) is 21.6. The van der Waals surface area contributed by atoms with Crippen molar-refractivity contribution in [2.24, 2.45) is 5.92 Å². The van der Waals surface area contributed by atoms with Gasteiger partial charge in [0.05, 0.1) is 21.1 Å². The Hall–Kier alpha value is -4.06. The molecule has 1 aliphatic rings. The zero-order chi connectivity index (χ0) is 26.7. The van der Waals surface area contributed by atoms with Crippen LogP contribution in [0.5, 0.6) is 0 Å². The topological polar surface area (TPSA) is 147 Å². The molecule has 1 aromatic heterocycles. The number of piperidine rings is 1. The fourth-order valence-electron chi connectivity index (χ4n) is 4.21. The minimum atomic E-state index is -3.95. The van der Waals surface area contributed by atoms with E-state index in [4.69, 9.17) is 0 Å². The number of nitrogens with zero attached hydrogens (tertiary/aromatic N) is 4. The van der Waals surface area contributed by atoms with Gasteiger partial charge >= 0.3 is 0 Å². The maximum absolute atomic E-state index is 13.2. The number of hydrogen-bond donors (Lipinski definition) is 2. The van der Waals surface area contributed by atoms with Crippen LogP contribution in [0.1, 0.15) is 41.5 Å². The van der Waals surface area contributed by atoms with Gasteiger partial charge in [0, 0.05) is 42.3 Å². The molecule has 11 nitrogen and oxygen atoms in total. The molecule has 0 bridgehead atoms. The van der Waals surface area contributed by atoms with Crippen LogP contribution >= 0.6 is 0 Å². The van der Waals surface area contributed by atoms with Crippen molar-refractivity contribution in [3.05, 3.63) is 75.6 Å². The maximum atomic E-state index is 13.2. The summed E-state index contributed by atoms with van der Waals surface area (Å²) in [6, 6.07) is 11.6. The first-order valence-corrected chi connectivity index (χ1v) is 13.3. The molecular weight excluding hydrogens is 496 g/mol. The van der Waals surface area contributed by atoms with Crippen LogP contribution in [-0.4, -0.2) is 42.3 Å². The Balaban J connectivity index is 1.54. The molecule has 1 amide bonds. The predicted molar refractivity (Wildman–Crippen MR) is 140 cm³/mol. The lowest BCUT2D eigenvalue weighted by Crippen LogP contribution is -2.34. The van der Waals surface area contributed by atoms with E-state index >= 15 is 0 Å². The number of nitro benzene ring substituents is 1. The molecule has 1 aliphatic heterocycles. The van der Waals surface area contributed by atoms with Crippen LogP contribution in [-0.2, 0) is 10.0 Å². The first-order valence-electron chi connectivity index (χ1n) is 11.8. The number of amides is 1. The van der Waals surface area contributed by atoms with Gasteiger partial charge in [0.1, 0.15) is 0 Å². The van der Waals surface area contributed by atoms with E-state index in [9.17, 15) is 23.3 Å². The minimum Gasteiger partial charge on any atom is -0.371 e. The van der Waals surface area contributed by atoms with Gasteiger partial charge in [-0.3, -0.25) is 14.9 Å². The van der Waals surface area contributed by atoms with Gasteiger partial charge in [0.2, 0.25) is 5.95 Å². The van der Waals surface area contributed by atoms with E-state index < -0.39 is 20.9 Å². The molecule has 1 fully saturated rings. The normalized spacial score (nSPS) is 14.3. The SMILES string of the molecule is Cc1cc(C)nc(NS(=O)(=O)c2ccc(NC(=O)c3cc([N+](=O)[O-])ccc3N3CCC(C)CC3)cc2)n1. The van der Waals surface area contributed by atoms with Crippen molar-refractivity contribution in [1.82, 2.24) is 9.97 Å². The number of anilines is 3. The van der Waals surface area contributed by atoms with Gasteiger partial charge in [-0.05, 0) is 69.0 Å². The van der Waals surface area contributed by atoms with Gasteiger partial charge in [-0.25, -0.2) is 23.1 Å². The van der Waals surface area contributed by atoms with Crippen LogP contribution in [0, 0.1) is 29.9 Å². The summed E-state index contributed by atoms with van der Waals surface area (Å²) >= 11 is 0. The number of sulfonamides is 1. The molecule has 2 heterocycles. The fourth-order valence-corrected chi connectivity index (χ4v) is 5.16. The highest BCUT2D eigenvalue weighted by Crippen LogP contribution is 2.30. The van der Waals surface area contributed by atoms with Crippen molar-refractivity contribution >= 4 is 38.9 Å². The average Bonchev–Trinajstić information content (AvgIpc) is 2.83. The summed E-state index contributed by atoms with van der Waals surface area (Å²) in [7, 11) is -3.95. The lowest BCUT2D eigenvalue weighted by atomic mass is 9.98. The van der Waals surface area contributed by atoms with Crippen LogP contribution in [0.15, 0.2) is 53.4 Å². The van der Waals surface area contributed by atoms with E-state index in [0.29, 0.717) is 28.7 Å². The number of aromatic nitrogens is 2. The number of nitrogens with one attached hydrogen (secondary N) is 2. The second kappa shape index (κ2) is 10.5. The Morgan fingerprint density at radius 3 is 2.24 bits per heavy atom. The third kappa shape index (κ3) is 6.20. The molecular formula is C25H28N6O5S. The van der Waals surface area contributed by atoms with Crippen LogP contribution in [0.4, 0.5) is 23.0 Å². The molecule has 194 valence electrons. The van der Waals surface area contributed by atoms with E-state index in [0.717, 1.165) is 25.9 Å². The lowest BCUT2D eigenvalue weighted by Gasteiger charge is -2.33. The van der Waals surface area contributed by atoms with E-state index in [1.807, 2.05) is 0 Å². The molecule has 0 unspecified atom stereocenters. The summed E-state index contributed by atoms with van der Waals surface area (Å²) in [5, 5.41) is 14.1. The Labute approximate surface area is 215 Å². The van der Waals surface area contributed by atoms with Gasteiger partial charge in [0.25, 0.3) is 21.6 Å². The molecule has 12 heteroatoms. The van der Waals surface area contributed by atoms with Gasteiger partial charge in [-0.1, -0.05) is 6.92 Å². The number of hydrogen-bond acceptors (Lipinski definition) is 8. The largest absolute Gasteiger partial charge is 0.371 e. The predicted octanol–water partition coefficient (Wildman–Crippen LogP) is 4.29. The monoisotopic (exact) mass is 524 g/mol. The molecule has 2 N–H and O–H groups in total. The van der Waals surface area contributed by atoms with Gasteiger partial charge in [-0.15, -0.1) is 0 Å². The van der Waals surface area contributed by atoms with E-state index in [1.54, 1.807) is 26.0 Å². The average molecular weight is 525 g/mol. The molecule has 0 atom stereocenters. The quantitative estimate of drug-likeness (QED) is 0.344. The maximum Gasteiger partial charge on any atom is 0.270 e. The number of nitro groups is 1. The lowest BCUT2D eigenvalue weighted by molar-refractivity contribution is -0.384. The number of carbonyl (C=O) groups is 1. The van der Waals surface area contributed by atoms with Crippen LogP contribution < -0.4 is 14.9 Å². The number of carbonyl (C=O) groups excluding carboxylic acids is 1. The molecule has 4 rings (SSSR count). The number of benzene rings is 2. The second-order valence-corrected chi connectivity index (χ2v) is 10.9. The molecule has 3 aromatic rings. The van der Waals surface area contributed by atoms with E-state index in [1.165, 1.54) is 36.4 Å². The molecule has 37 heavy (non-hydrogen) atoms. The van der Waals surface area contributed by atoms with Crippen LogP contribution in [0.25, 0.3) is 0 Å². The van der Waals surface area contributed by atoms with E-state index in [2.05, 4.69) is 31.8 Å². The van der Waals surface area contributed by atoms with Gasteiger partial charge < -0.3 is 10.2 Å². The highest BCUT2D eigenvalue weighted by atomic mass is 32.2. The Bertz CT molecular complexity index is 1410. The van der Waals surface area contributed by atoms with Crippen molar-refractivity contribution in [2.75, 3.05) is 28.0 Å².